The zero-order valence-electron chi connectivity index (χ0n) is 6.70. The van der Waals surface area contributed by atoms with E-state index < -0.39 is 0 Å². The minimum atomic E-state index is -0.0592. The lowest BCUT2D eigenvalue weighted by Crippen LogP contribution is -2.18. The van der Waals surface area contributed by atoms with Crippen LogP contribution in [0.3, 0.4) is 0 Å². The first-order chi connectivity index (χ1) is 4.27. The van der Waals surface area contributed by atoms with Crippen molar-refractivity contribution in [1.82, 2.24) is 4.98 Å². The summed E-state index contributed by atoms with van der Waals surface area (Å²) in [7, 11) is -0.0592. The van der Waals surface area contributed by atoms with Gasteiger partial charge in [-0.2, -0.15) is 0 Å². The lowest BCUT2D eigenvalue weighted by molar-refractivity contribution is 0.863. The Kier molecular flexibility index (Phi) is 5.99. The van der Waals surface area contributed by atoms with Crippen molar-refractivity contribution in [2.75, 3.05) is 6.54 Å². The first-order valence-corrected chi connectivity index (χ1v) is 5.13. The van der Waals surface area contributed by atoms with Crippen LogP contribution in [0.25, 0.3) is 0 Å². The number of rotatable bonds is 4. The highest BCUT2D eigenvalue weighted by Gasteiger charge is 1.79. The van der Waals surface area contributed by atoms with Crippen molar-refractivity contribution in [3.63, 3.8) is 0 Å². The van der Waals surface area contributed by atoms with Gasteiger partial charge in [-0.25, -0.2) is 0 Å². The fraction of sp³-hybridized carbons (Fsp3) is 0.714. The van der Waals surface area contributed by atoms with Gasteiger partial charge in [0.15, 0.2) is 0 Å². The smallest absolute Gasteiger partial charge is 0.116 e. The van der Waals surface area contributed by atoms with Crippen LogP contribution in [0.4, 0.5) is 0 Å². The van der Waals surface area contributed by atoms with E-state index in [4.69, 9.17) is 0 Å². The quantitative estimate of drug-likeness (QED) is 0.457. The zero-order chi connectivity index (χ0) is 7.11. The predicted molar refractivity (Wildman–Crippen MR) is 46.3 cm³/mol. The van der Waals surface area contributed by atoms with Crippen molar-refractivity contribution in [2.45, 2.75) is 27.2 Å². The van der Waals surface area contributed by atoms with Crippen LogP contribution in [0, 0.1) is 0 Å². The summed E-state index contributed by atoms with van der Waals surface area (Å²) in [5.74, 6) is 0. The minimum Gasteiger partial charge on any atom is -0.339 e. The Morgan fingerprint density at radius 1 is 1.56 bits per heavy atom. The maximum Gasteiger partial charge on any atom is 0.116 e. The average molecular weight is 143 g/mol. The van der Waals surface area contributed by atoms with Crippen molar-refractivity contribution in [3.8, 4) is 0 Å². The number of nitrogens with one attached hydrogen (secondary N) is 1. The first-order valence-electron chi connectivity index (χ1n) is 3.61. The van der Waals surface area contributed by atoms with Gasteiger partial charge in [0.05, 0.1) is 0 Å². The Morgan fingerprint density at radius 2 is 2.22 bits per heavy atom. The third-order valence-corrected chi connectivity index (χ3v) is 2.74. The van der Waals surface area contributed by atoms with Crippen LogP contribution in [0.5, 0.6) is 0 Å². The minimum absolute atomic E-state index is 0.0592. The molecule has 0 fully saturated rings. The fourth-order valence-corrected chi connectivity index (χ4v) is 1.67. The summed E-state index contributed by atoms with van der Waals surface area (Å²) in [5.41, 5.74) is 3.79. The molecule has 0 aromatic heterocycles. The topological polar surface area (TPSA) is 12.0 Å². The Bertz CT molecular complexity index is 84.9. The maximum atomic E-state index is 3.43. The first kappa shape index (κ1) is 8.92. The Balaban J connectivity index is 3.00. The van der Waals surface area contributed by atoms with Gasteiger partial charge in [0.1, 0.15) is 9.68 Å². The Labute approximate surface area is 60.4 Å². The summed E-state index contributed by atoms with van der Waals surface area (Å²) in [6.45, 7) is 7.70. The third-order valence-electron chi connectivity index (χ3n) is 1.08. The molecular weight excluding hydrogens is 126 g/mol. The van der Waals surface area contributed by atoms with E-state index in [9.17, 15) is 0 Å². The molecule has 0 heterocycles. The molecule has 0 rings (SSSR count). The number of hydrogen-bond acceptors (Lipinski definition) is 1. The molecule has 0 saturated heterocycles. The van der Waals surface area contributed by atoms with Crippen LogP contribution in [0.2, 0.25) is 0 Å². The van der Waals surface area contributed by atoms with Crippen LogP contribution in [0.15, 0.2) is 11.3 Å². The average Bonchev–Trinajstić information content (AvgIpc) is 1.80. The number of allylic oxidation sites excluding steroid dienone is 1. The summed E-state index contributed by atoms with van der Waals surface area (Å²) in [4.78, 5) is 3.43. The zero-order valence-corrected chi connectivity index (χ0v) is 8.11. The van der Waals surface area contributed by atoms with E-state index in [1.807, 2.05) is 0 Å². The molecule has 0 aromatic carbocycles. The molecule has 2 heteroatoms. The van der Waals surface area contributed by atoms with Gasteiger partial charge in [-0.3, -0.25) is 0 Å². The summed E-state index contributed by atoms with van der Waals surface area (Å²) in [5, 5.41) is 0. The molecule has 0 aromatic rings. The predicted octanol–water partition coefficient (Wildman–Crippen LogP) is 0.993. The van der Waals surface area contributed by atoms with E-state index in [0.717, 1.165) is 0 Å². The second-order valence-corrected chi connectivity index (χ2v) is 3.80. The Morgan fingerprint density at radius 3 is 2.67 bits per heavy atom. The molecule has 0 aliphatic carbocycles. The lowest BCUT2D eigenvalue weighted by Gasteiger charge is -1.95. The highest BCUT2D eigenvalue weighted by Crippen LogP contribution is 1.83. The number of hydrogen-bond donors (Lipinski definition) is 1. The molecule has 0 spiro atoms. The Hall–Kier alpha value is -0.0831. The molecule has 0 saturated carbocycles. The largest absolute Gasteiger partial charge is 0.339 e. The second-order valence-electron chi connectivity index (χ2n) is 2.49. The summed E-state index contributed by atoms with van der Waals surface area (Å²) in [6.07, 6.45) is 1.25. The van der Waals surface area contributed by atoms with Gasteiger partial charge in [0.25, 0.3) is 0 Å². The van der Waals surface area contributed by atoms with Crippen LogP contribution in [-0.2, 0) is 0 Å². The highest BCUT2D eigenvalue weighted by molar-refractivity contribution is 6.39. The third kappa shape index (κ3) is 7.92. The second kappa shape index (κ2) is 6.04. The molecular formula is C7H17NSi. The van der Waals surface area contributed by atoms with Gasteiger partial charge in [-0.1, -0.05) is 18.2 Å². The molecule has 0 atom stereocenters. The monoisotopic (exact) mass is 143 g/mol. The van der Waals surface area contributed by atoms with Gasteiger partial charge in [-0.05, 0) is 26.8 Å². The van der Waals surface area contributed by atoms with Crippen LogP contribution in [0.1, 0.15) is 27.2 Å². The van der Waals surface area contributed by atoms with E-state index in [2.05, 4.69) is 31.5 Å². The summed E-state index contributed by atoms with van der Waals surface area (Å²) >= 11 is 0. The molecule has 54 valence electrons. The van der Waals surface area contributed by atoms with E-state index in [-0.39, 0.29) is 9.68 Å². The van der Waals surface area contributed by atoms with Crippen molar-refractivity contribution in [2.24, 2.45) is 0 Å². The van der Waals surface area contributed by atoms with Gasteiger partial charge in [0, 0.05) is 0 Å². The van der Waals surface area contributed by atoms with Gasteiger partial charge >= 0.3 is 0 Å². The van der Waals surface area contributed by atoms with Crippen LogP contribution in [-0.4, -0.2) is 16.2 Å². The summed E-state index contributed by atoms with van der Waals surface area (Å²) < 4.78 is 0. The normalized spacial score (nSPS) is 10.6. The molecule has 1 nitrogen and oxygen atoms in total. The van der Waals surface area contributed by atoms with Crippen molar-refractivity contribution in [3.05, 3.63) is 11.3 Å². The molecule has 0 amide bonds. The molecule has 9 heavy (non-hydrogen) atoms. The van der Waals surface area contributed by atoms with Crippen molar-refractivity contribution in [1.29, 1.82) is 0 Å². The van der Waals surface area contributed by atoms with Gasteiger partial charge < -0.3 is 4.98 Å². The maximum absolute atomic E-state index is 3.43. The summed E-state index contributed by atoms with van der Waals surface area (Å²) in [6, 6.07) is 0. The van der Waals surface area contributed by atoms with Gasteiger partial charge in [0.2, 0.25) is 0 Å². The molecule has 0 radical (unpaired) electrons. The van der Waals surface area contributed by atoms with Gasteiger partial charge in [-0.15, -0.1) is 0 Å². The van der Waals surface area contributed by atoms with E-state index in [1.165, 1.54) is 18.5 Å². The lowest BCUT2D eigenvalue weighted by atomic mass is 10.4. The van der Waals surface area contributed by atoms with Crippen molar-refractivity contribution < 1.29 is 0 Å². The molecule has 0 aliphatic heterocycles. The van der Waals surface area contributed by atoms with Crippen LogP contribution < -0.4 is 4.98 Å². The van der Waals surface area contributed by atoms with Crippen LogP contribution >= 0.6 is 0 Å². The molecule has 0 unspecified atom stereocenters. The van der Waals surface area contributed by atoms with E-state index >= 15 is 0 Å². The molecule has 0 aliphatic rings. The molecule has 0 bridgehead atoms. The van der Waals surface area contributed by atoms with Crippen molar-refractivity contribution >= 4 is 9.68 Å². The molecule has 1 N–H and O–H groups in total. The highest BCUT2D eigenvalue weighted by atomic mass is 28.2. The fourth-order valence-electron chi connectivity index (χ4n) is 0.555. The van der Waals surface area contributed by atoms with E-state index in [0.29, 0.717) is 0 Å². The van der Waals surface area contributed by atoms with E-state index in [1.54, 1.807) is 0 Å². The SMILES string of the molecule is CCCN[SiH2]C=C(C)C. The standard InChI is InChI=1S/C7H17NSi/c1-4-5-8-9-6-7(2)3/h6,8H,4-5,9H2,1-3H3.